The number of aryl methyl sites for hydroxylation is 1. The molecule has 3 rings (SSSR count). The second-order valence-corrected chi connectivity index (χ2v) is 4.74. The Morgan fingerprint density at radius 2 is 1.60 bits per heavy atom. The van der Waals surface area contributed by atoms with Crippen LogP contribution in [0.15, 0.2) is 24.3 Å². The number of benzene rings is 2. The molecule has 0 saturated carbocycles. The van der Waals surface area contributed by atoms with Crippen molar-refractivity contribution in [1.82, 2.24) is 4.98 Å². The van der Waals surface area contributed by atoms with Gasteiger partial charge in [-0.25, -0.2) is 0 Å². The van der Waals surface area contributed by atoms with Crippen LogP contribution in [-0.2, 0) is 0 Å². The summed E-state index contributed by atoms with van der Waals surface area (Å²) >= 11 is 0. The molecular formula is C16H17NO3. The van der Waals surface area contributed by atoms with Crippen LogP contribution in [0.5, 0.6) is 17.2 Å². The second-order valence-electron chi connectivity index (χ2n) is 4.74. The van der Waals surface area contributed by atoms with Gasteiger partial charge in [0, 0.05) is 17.0 Å². The van der Waals surface area contributed by atoms with E-state index in [2.05, 4.69) is 30.1 Å². The zero-order valence-corrected chi connectivity index (χ0v) is 12.0. The third-order valence-electron chi connectivity index (χ3n) is 3.54. The number of nitrogens with one attached hydrogen (secondary N) is 1. The summed E-state index contributed by atoms with van der Waals surface area (Å²) in [5.41, 5.74) is 3.24. The minimum Gasteiger partial charge on any atom is -0.493 e. The summed E-state index contributed by atoms with van der Waals surface area (Å²) in [5.74, 6) is 1.96. The number of rotatable bonds is 3. The standard InChI is InChI=1S/C16H17NO3/c1-9-5-6-11-10(7-9)14-12(17-11)8-13(18-2)15(19-3)16(14)20-4/h5-8,17H,1-4H3. The van der Waals surface area contributed by atoms with Crippen LogP contribution in [0, 0.1) is 6.92 Å². The smallest absolute Gasteiger partial charge is 0.204 e. The Labute approximate surface area is 117 Å². The lowest BCUT2D eigenvalue weighted by Gasteiger charge is -2.13. The van der Waals surface area contributed by atoms with Crippen LogP contribution in [-0.4, -0.2) is 26.3 Å². The molecule has 1 aromatic heterocycles. The Bertz CT molecular complexity index is 789. The van der Waals surface area contributed by atoms with Crippen molar-refractivity contribution in [2.75, 3.05) is 21.3 Å². The van der Waals surface area contributed by atoms with Gasteiger partial charge in [-0.05, 0) is 19.1 Å². The molecule has 0 aliphatic heterocycles. The molecule has 0 saturated heterocycles. The fourth-order valence-corrected chi connectivity index (χ4v) is 2.64. The van der Waals surface area contributed by atoms with E-state index in [1.165, 1.54) is 5.56 Å². The van der Waals surface area contributed by atoms with Gasteiger partial charge < -0.3 is 19.2 Å². The molecule has 0 aliphatic rings. The van der Waals surface area contributed by atoms with Gasteiger partial charge in [0.1, 0.15) is 0 Å². The van der Waals surface area contributed by atoms with Gasteiger partial charge in [-0.2, -0.15) is 0 Å². The van der Waals surface area contributed by atoms with Crippen molar-refractivity contribution in [2.24, 2.45) is 0 Å². The predicted octanol–water partition coefficient (Wildman–Crippen LogP) is 3.66. The summed E-state index contributed by atoms with van der Waals surface area (Å²) in [4.78, 5) is 3.39. The highest BCUT2D eigenvalue weighted by Crippen LogP contribution is 2.45. The molecule has 0 radical (unpaired) electrons. The zero-order valence-electron chi connectivity index (χ0n) is 12.0. The first-order chi connectivity index (χ1) is 9.69. The highest BCUT2D eigenvalue weighted by atomic mass is 16.5. The van der Waals surface area contributed by atoms with E-state index in [1.807, 2.05) is 6.07 Å². The maximum absolute atomic E-state index is 5.57. The van der Waals surface area contributed by atoms with Crippen LogP contribution < -0.4 is 14.2 Å². The van der Waals surface area contributed by atoms with Crippen LogP contribution in [0.3, 0.4) is 0 Å². The fourth-order valence-electron chi connectivity index (χ4n) is 2.64. The first-order valence-corrected chi connectivity index (χ1v) is 6.40. The third kappa shape index (κ3) is 1.68. The number of ether oxygens (including phenoxy) is 3. The maximum atomic E-state index is 5.57. The van der Waals surface area contributed by atoms with Gasteiger partial charge in [0.15, 0.2) is 11.5 Å². The molecule has 104 valence electrons. The number of methoxy groups -OCH3 is 3. The molecule has 0 amide bonds. The van der Waals surface area contributed by atoms with Gasteiger partial charge in [0.25, 0.3) is 0 Å². The van der Waals surface area contributed by atoms with Crippen molar-refractivity contribution in [1.29, 1.82) is 0 Å². The molecule has 0 fully saturated rings. The van der Waals surface area contributed by atoms with Gasteiger partial charge in [0.2, 0.25) is 5.75 Å². The monoisotopic (exact) mass is 271 g/mol. The molecule has 3 aromatic rings. The Morgan fingerprint density at radius 3 is 2.25 bits per heavy atom. The van der Waals surface area contributed by atoms with Crippen molar-refractivity contribution in [3.63, 3.8) is 0 Å². The quantitative estimate of drug-likeness (QED) is 0.790. The van der Waals surface area contributed by atoms with Crippen LogP contribution >= 0.6 is 0 Å². The van der Waals surface area contributed by atoms with Crippen LogP contribution in [0.25, 0.3) is 21.8 Å². The lowest BCUT2D eigenvalue weighted by molar-refractivity contribution is 0.327. The molecule has 4 heteroatoms. The summed E-state index contributed by atoms with van der Waals surface area (Å²) in [6, 6.07) is 8.23. The average Bonchev–Trinajstić information content (AvgIpc) is 2.82. The zero-order chi connectivity index (χ0) is 14.3. The van der Waals surface area contributed by atoms with E-state index in [0.29, 0.717) is 17.2 Å². The Hall–Kier alpha value is -2.36. The molecule has 0 unspecified atom stereocenters. The predicted molar refractivity (Wildman–Crippen MR) is 80.2 cm³/mol. The molecule has 0 atom stereocenters. The molecule has 2 aromatic carbocycles. The van der Waals surface area contributed by atoms with E-state index < -0.39 is 0 Å². The van der Waals surface area contributed by atoms with E-state index in [-0.39, 0.29) is 0 Å². The minimum absolute atomic E-state index is 0.616. The Morgan fingerprint density at radius 1 is 0.850 bits per heavy atom. The van der Waals surface area contributed by atoms with E-state index in [0.717, 1.165) is 21.8 Å². The largest absolute Gasteiger partial charge is 0.493 e. The lowest BCUT2D eigenvalue weighted by atomic mass is 10.1. The summed E-state index contributed by atoms with van der Waals surface area (Å²) in [5, 5.41) is 2.14. The highest BCUT2D eigenvalue weighted by molar-refractivity contribution is 6.12. The highest BCUT2D eigenvalue weighted by Gasteiger charge is 2.19. The maximum Gasteiger partial charge on any atom is 0.204 e. The Kier molecular flexibility index (Phi) is 2.93. The third-order valence-corrected chi connectivity index (χ3v) is 3.54. The number of fused-ring (bicyclic) bond motifs is 3. The first kappa shape index (κ1) is 12.7. The minimum atomic E-state index is 0.616. The van der Waals surface area contributed by atoms with E-state index in [1.54, 1.807) is 21.3 Å². The van der Waals surface area contributed by atoms with E-state index in [4.69, 9.17) is 14.2 Å². The van der Waals surface area contributed by atoms with Gasteiger partial charge >= 0.3 is 0 Å². The van der Waals surface area contributed by atoms with Crippen LogP contribution in [0.2, 0.25) is 0 Å². The normalized spacial score (nSPS) is 11.0. The first-order valence-electron chi connectivity index (χ1n) is 6.40. The number of aromatic amines is 1. The molecule has 4 nitrogen and oxygen atoms in total. The molecular weight excluding hydrogens is 254 g/mol. The van der Waals surface area contributed by atoms with Gasteiger partial charge in [0.05, 0.1) is 32.2 Å². The molecule has 0 spiro atoms. The van der Waals surface area contributed by atoms with Crippen molar-refractivity contribution in [3.8, 4) is 17.2 Å². The Balaban J connectivity index is 2.51. The van der Waals surface area contributed by atoms with Gasteiger partial charge in [-0.1, -0.05) is 11.6 Å². The summed E-state index contributed by atoms with van der Waals surface area (Å²) < 4.78 is 16.4. The molecule has 0 aliphatic carbocycles. The van der Waals surface area contributed by atoms with E-state index >= 15 is 0 Å². The summed E-state index contributed by atoms with van der Waals surface area (Å²) in [6.07, 6.45) is 0. The number of H-pyrrole nitrogens is 1. The van der Waals surface area contributed by atoms with Crippen LogP contribution in [0.4, 0.5) is 0 Å². The number of hydrogen-bond donors (Lipinski definition) is 1. The van der Waals surface area contributed by atoms with Gasteiger partial charge in [-0.15, -0.1) is 0 Å². The summed E-state index contributed by atoms with van der Waals surface area (Å²) in [6.45, 7) is 2.07. The second kappa shape index (κ2) is 4.63. The SMILES string of the molecule is COc1cc2[nH]c3ccc(C)cc3c2c(OC)c1OC. The molecule has 0 bridgehead atoms. The van der Waals surface area contributed by atoms with Crippen molar-refractivity contribution in [2.45, 2.75) is 6.92 Å². The number of hydrogen-bond acceptors (Lipinski definition) is 3. The van der Waals surface area contributed by atoms with Crippen molar-refractivity contribution < 1.29 is 14.2 Å². The summed E-state index contributed by atoms with van der Waals surface area (Å²) in [7, 11) is 4.88. The fraction of sp³-hybridized carbons (Fsp3) is 0.250. The molecule has 1 N–H and O–H groups in total. The van der Waals surface area contributed by atoms with Crippen molar-refractivity contribution in [3.05, 3.63) is 29.8 Å². The molecule has 20 heavy (non-hydrogen) atoms. The molecule has 1 heterocycles. The number of aromatic nitrogens is 1. The van der Waals surface area contributed by atoms with Crippen molar-refractivity contribution >= 4 is 21.8 Å². The topological polar surface area (TPSA) is 43.5 Å². The van der Waals surface area contributed by atoms with Gasteiger partial charge in [-0.3, -0.25) is 0 Å². The average molecular weight is 271 g/mol. The van der Waals surface area contributed by atoms with E-state index in [9.17, 15) is 0 Å². The lowest BCUT2D eigenvalue weighted by Crippen LogP contribution is -1.95. The van der Waals surface area contributed by atoms with Crippen LogP contribution in [0.1, 0.15) is 5.56 Å².